The second-order valence-corrected chi connectivity index (χ2v) is 1.15. The van der Waals surface area contributed by atoms with E-state index in [4.69, 9.17) is 5.11 Å². The largest absolute Gasteiger partial charge is 1.00 e. The number of carbonyl (C=O) groups excluding carboxylic acids is 1. The first-order valence-electron chi connectivity index (χ1n) is 1.95. The van der Waals surface area contributed by atoms with Crippen LogP contribution in [0, 0.1) is 0 Å². The van der Waals surface area contributed by atoms with Crippen molar-refractivity contribution in [3.05, 3.63) is 0 Å². The van der Waals surface area contributed by atoms with E-state index >= 15 is 0 Å². The van der Waals surface area contributed by atoms with Crippen LogP contribution in [0.1, 0.15) is 7.85 Å². The van der Waals surface area contributed by atoms with Gasteiger partial charge in [-0.15, -0.1) is 0 Å². The van der Waals surface area contributed by atoms with Gasteiger partial charge in [0.25, 0.3) is 0 Å². The van der Waals surface area contributed by atoms with Gasteiger partial charge in [-0.1, -0.05) is 0 Å². The van der Waals surface area contributed by atoms with Gasteiger partial charge in [0, 0.05) is 0 Å². The fourth-order valence-electron chi connectivity index (χ4n) is 0.196. The smallest absolute Gasteiger partial charge is 1.00 e. The van der Waals surface area contributed by atoms with Gasteiger partial charge in [0.2, 0.25) is 0 Å². The van der Waals surface area contributed by atoms with Crippen LogP contribution in [0.3, 0.4) is 0 Å². The molecule has 0 saturated carbocycles. The third kappa shape index (κ3) is 8.58. The van der Waals surface area contributed by atoms with E-state index in [1.807, 2.05) is 0 Å². The second-order valence-electron chi connectivity index (χ2n) is 1.15. The Hall–Kier alpha value is 0.576. The monoisotopic (exact) mass is 158 g/mol. The maximum absolute atomic E-state index is 10.0. The van der Waals surface area contributed by atoms with Crippen LogP contribution < -0.4 is 51.4 Å². The summed E-state index contributed by atoms with van der Waals surface area (Å²) in [4.78, 5) is 19.7. The minimum absolute atomic E-state index is 0. The molecule has 0 spiro atoms. The molecule has 0 atom stereocenters. The quantitative estimate of drug-likeness (QED) is 0.260. The molecule has 0 aliphatic carbocycles. The molecule has 9 heavy (non-hydrogen) atoms. The van der Waals surface area contributed by atoms with Crippen molar-refractivity contribution < 1.29 is 72.2 Å². The molecule has 0 aromatic carbocycles. The van der Waals surface area contributed by atoms with Gasteiger partial charge in [-0.3, -0.25) is 9.59 Å². The molecule has 0 aromatic rings. The van der Waals surface area contributed by atoms with Gasteiger partial charge in [-0.2, -0.15) is 0 Å². The first-order chi connectivity index (χ1) is 3.66. The fraction of sp³-hybridized carbons (Fsp3) is 0.500. The Labute approximate surface area is 96.5 Å². The van der Waals surface area contributed by atoms with E-state index in [0.29, 0.717) is 0 Å². The number of carboxylic acid groups (broad SMARTS) is 1. The van der Waals surface area contributed by atoms with E-state index in [-0.39, 0.29) is 52.8 Å². The van der Waals surface area contributed by atoms with Crippen LogP contribution in [-0.4, -0.2) is 24.2 Å². The average molecular weight is 158 g/mol. The summed E-state index contributed by atoms with van der Waals surface area (Å²) in [5.74, 6) is -1.89. The number of aliphatic carboxylic acids is 1. The SMILES string of the molecule is COC(=O)CC(=O)O.[H-].[K+]. The summed E-state index contributed by atoms with van der Waals surface area (Å²) in [6.07, 6.45) is -0.559. The molecule has 0 aliphatic heterocycles. The van der Waals surface area contributed by atoms with Crippen LogP contribution in [0.2, 0.25) is 0 Å². The number of rotatable bonds is 2. The summed E-state index contributed by atoms with van der Waals surface area (Å²) in [6, 6.07) is 0. The second kappa shape index (κ2) is 6.69. The molecule has 1 N–H and O–H groups in total. The predicted molar refractivity (Wildman–Crippen MR) is 25.4 cm³/mol. The normalized spacial score (nSPS) is 7.22. The molecular weight excluding hydrogens is 151 g/mol. The number of hydrogen-bond donors (Lipinski definition) is 1. The van der Waals surface area contributed by atoms with Gasteiger partial charge in [0.15, 0.2) is 0 Å². The number of methoxy groups -OCH3 is 1. The summed E-state index contributed by atoms with van der Waals surface area (Å²) < 4.78 is 4.04. The minimum Gasteiger partial charge on any atom is -1.00 e. The molecular formula is C4H7KO4. The molecule has 0 rings (SSSR count). The van der Waals surface area contributed by atoms with Crippen molar-refractivity contribution >= 4 is 11.9 Å². The number of esters is 1. The van der Waals surface area contributed by atoms with Crippen LogP contribution in [0.25, 0.3) is 0 Å². The molecule has 4 nitrogen and oxygen atoms in total. The summed E-state index contributed by atoms with van der Waals surface area (Å²) in [5.41, 5.74) is 0. The molecule has 0 bridgehead atoms. The number of hydrogen-bond acceptors (Lipinski definition) is 3. The van der Waals surface area contributed by atoms with E-state index in [1.165, 1.54) is 0 Å². The van der Waals surface area contributed by atoms with Crippen LogP contribution in [0.5, 0.6) is 0 Å². The molecule has 0 radical (unpaired) electrons. The van der Waals surface area contributed by atoms with Crippen LogP contribution in [-0.2, 0) is 14.3 Å². The number of carbonyl (C=O) groups is 2. The Bertz CT molecular complexity index is 116. The maximum atomic E-state index is 10.0. The standard InChI is InChI=1S/C4H6O4.K.H/c1-8-4(7)2-3(5)6;;/h2H2,1H3,(H,5,6);;/q;+1;-1. The Morgan fingerprint density at radius 1 is 1.67 bits per heavy atom. The molecule has 48 valence electrons. The van der Waals surface area contributed by atoms with Gasteiger partial charge < -0.3 is 11.3 Å². The Morgan fingerprint density at radius 3 is 2.22 bits per heavy atom. The van der Waals surface area contributed by atoms with E-state index < -0.39 is 18.4 Å². The minimum atomic E-state index is -1.17. The first kappa shape index (κ1) is 12.3. The summed E-state index contributed by atoms with van der Waals surface area (Å²) in [7, 11) is 1.14. The van der Waals surface area contributed by atoms with Crippen molar-refractivity contribution in [3.63, 3.8) is 0 Å². The van der Waals surface area contributed by atoms with E-state index in [9.17, 15) is 9.59 Å². The Balaban J connectivity index is -0.000000245. The third-order valence-electron chi connectivity index (χ3n) is 0.523. The van der Waals surface area contributed by atoms with Crippen LogP contribution in [0.15, 0.2) is 0 Å². The molecule has 0 saturated heterocycles. The molecule has 0 unspecified atom stereocenters. The predicted octanol–water partition coefficient (Wildman–Crippen LogP) is -3.25. The van der Waals surface area contributed by atoms with Crippen molar-refractivity contribution in [2.75, 3.05) is 7.11 Å². The summed E-state index contributed by atoms with van der Waals surface area (Å²) >= 11 is 0. The fourth-order valence-corrected chi connectivity index (χ4v) is 0.196. The van der Waals surface area contributed by atoms with E-state index in [1.54, 1.807) is 0 Å². The molecule has 0 heterocycles. The van der Waals surface area contributed by atoms with Crippen molar-refractivity contribution in [2.45, 2.75) is 6.42 Å². The molecule has 5 heteroatoms. The van der Waals surface area contributed by atoms with Crippen molar-refractivity contribution in [3.8, 4) is 0 Å². The van der Waals surface area contributed by atoms with Crippen LogP contribution in [0.4, 0.5) is 0 Å². The van der Waals surface area contributed by atoms with Crippen LogP contribution >= 0.6 is 0 Å². The van der Waals surface area contributed by atoms with E-state index in [0.717, 1.165) is 7.11 Å². The van der Waals surface area contributed by atoms with Gasteiger partial charge in [-0.05, 0) is 0 Å². The topological polar surface area (TPSA) is 63.6 Å². The Morgan fingerprint density at radius 2 is 2.11 bits per heavy atom. The molecule has 0 aliphatic rings. The van der Waals surface area contributed by atoms with Gasteiger partial charge >= 0.3 is 63.3 Å². The number of ether oxygens (including phenoxy) is 1. The van der Waals surface area contributed by atoms with Crippen molar-refractivity contribution in [1.82, 2.24) is 0 Å². The molecule has 0 amide bonds. The number of carboxylic acids is 1. The Kier molecular flexibility index (Phi) is 9.13. The van der Waals surface area contributed by atoms with Crippen molar-refractivity contribution in [1.29, 1.82) is 0 Å². The zero-order chi connectivity index (χ0) is 6.57. The zero-order valence-corrected chi connectivity index (χ0v) is 8.50. The molecule has 0 fully saturated rings. The zero-order valence-electron chi connectivity index (χ0n) is 6.38. The van der Waals surface area contributed by atoms with Gasteiger partial charge in [0.1, 0.15) is 6.42 Å². The third-order valence-corrected chi connectivity index (χ3v) is 0.523. The molecule has 0 aromatic heterocycles. The van der Waals surface area contributed by atoms with Gasteiger partial charge in [0.05, 0.1) is 7.11 Å². The summed E-state index contributed by atoms with van der Waals surface area (Å²) in [5, 5.41) is 7.91. The first-order valence-corrected chi connectivity index (χ1v) is 1.95. The van der Waals surface area contributed by atoms with E-state index in [2.05, 4.69) is 4.74 Å². The summed E-state index contributed by atoms with van der Waals surface area (Å²) in [6.45, 7) is 0. The average Bonchev–Trinajstić information content (AvgIpc) is 1.65. The van der Waals surface area contributed by atoms with Gasteiger partial charge in [-0.25, -0.2) is 0 Å². The maximum Gasteiger partial charge on any atom is 1.00 e. The van der Waals surface area contributed by atoms with Crippen molar-refractivity contribution in [2.24, 2.45) is 0 Å².